The van der Waals surface area contributed by atoms with Gasteiger partial charge in [-0.2, -0.15) is 4.39 Å². The van der Waals surface area contributed by atoms with Crippen molar-refractivity contribution in [1.82, 2.24) is 9.88 Å². The van der Waals surface area contributed by atoms with E-state index in [0.717, 1.165) is 36.6 Å². The monoisotopic (exact) mass is 444 g/mol. The van der Waals surface area contributed by atoms with Crippen molar-refractivity contribution in [2.24, 2.45) is 0 Å². The zero-order valence-corrected chi connectivity index (χ0v) is 18.3. The van der Waals surface area contributed by atoms with Gasteiger partial charge in [-0.3, -0.25) is 0 Å². The molecule has 3 rings (SSSR count). The van der Waals surface area contributed by atoms with E-state index in [0.29, 0.717) is 15.9 Å². The number of nitrogens with one attached hydrogen (secondary N) is 1. The molecule has 1 fully saturated rings. The molecule has 5 nitrogen and oxygen atoms in total. The Morgan fingerprint density at radius 3 is 2.79 bits per heavy atom. The van der Waals surface area contributed by atoms with Gasteiger partial charge in [0.25, 0.3) is 0 Å². The number of hydrogen-bond donors (Lipinski definition) is 1. The number of likely N-dealkylation sites (N-methyl/N-ethyl adjacent to an activating group) is 1. The maximum atomic E-state index is 13.2. The van der Waals surface area contributed by atoms with Crippen molar-refractivity contribution in [1.29, 1.82) is 0 Å². The Morgan fingerprint density at radius 2 is 2.11 bits per heavy atom. The van der Waals surface area contributed by atoms with Crippen molar-refractivity contribution < 1.29 is 9.13 Å². The highest BCUT2D eigenvalue weighted by atomic mass is 35.5. The summed E-state index contributed by atoms with van der Waals surface area (Å²) < 4.78 is 22.0. The van der Waals surface area contributed by atoms with E-state index in [4.69, 9.17) is 27.9 Å². The molecule has 0 unspecified atom stereocenters. The summed E-state index contributed by atoms with van der Waals surface area (Å²) in [6.45, 7) is 2.43. The first-order chi connectivity index (χ1) is 13.3. The van der Waals surface area contributed by atoms with Gasteiger partial charge in [0, 0.05) is 31.6 Å². The van der Waals surface area contributed by atoms with Gasteiger partial charge in [0.2, 0.25) is 5.95 Å². The van der Waals surface area contributed by atoms with Crippen molar-refractivity contribution in [2.45, 2.75) is 16.9 Å². The number of aromatic nitrogens is 1. The second-order valence-electron chi connectivity index (χ2n) is 7.08. The third kappa shape index (κ3) is 5.02. The molecule has 1 aliphatic heterocycles. The Morgan fingerprint density at radius 1 is 1.32 bits per heavy atom. The summed E-state index contributed by atoms with van der Waals surface area (Å²) in [6, 6.07) is 8.25. The summed E-state index contributed by atoms with van der Waals surface area (Å²) >= 11 is 14.3. The molecule has 28 heavy (non-hydrogen) atoms. The van der Waals surface area contributed by atoms with Crippen LogP contribution in [0, 0.1) is 5.95 Å². The molecular formula is C19H23Cl2FN4OS. The number of methoxy groups -OCH3 is 1. The minimum atomic E-state index is -0.543. The average molecular weight is 445 g/mol. The lowest BCUT2D eigenvalue weighted by Crippen LogP contribution is -2.44. The smallest absolute Gasteiger partial charge is 0.214 e. The first-order valence-corrected chi connectivity index (χ1v) is 10.4. The van der Waals surface area contributed by atoms with Crippen LogP contribution >= 0.6 is 35.1 Å². The van der Waals surface area contributed by atoms with E-state index in [-0.39, 0.29) is 5.60 Å². The highest BCUT2D eigenvalue weighted by molar-refractivity contribution is 8.00. The Labute approximate surface area is 179 Å². The number of nitrogens with zero attached hydrogens (tertiary/aromatic N) is 3. The highest BCUT2D eigenvalue weighted by Crippen LogP contribution is 2.39. The summed E-state index contributed by atoms with van der Waals surface area (Å²) in [5, 5.41) is 1.17. The van der Waals surface area contributed by atoms with Crippen LogP contribution in [-0.2, 0) is 4.74 Å². The van der Waals surface area contributed by atoms with E-state index in [1.165, 1.54) is 18.0 Å². The number of benzene rings is 1. The van der Waals surface area contributed by atoms with Crippen LogP contribution in [0.4, 0.5) is 15.9 Å². The van der Waals surface area contributed by atoms with Gasteiger partial charge in [-0.25, -0.2) is 4.98 Å². The van der Waals surface area contributed by atoms with Crippen molar-refractivity contribution in [3.63, 3.8) is 0 Å². The number of ether oxygens (including phenoxy) is 1. The van der Waals surface area contributed by atoms with Crippen LogP contribution in [0.1, 0.15) is 6.42 Å². The number of pyridine rings is 1. The van der Waals surface area contributed by atoms with Gasteiger partial charge < -0.3 is 19.3 Å². The summed E-state index contributed by atoms with van der Waals surface area (Å²) in [6.07, 6.45) is 0.916. The lowest BCUT2D eigenvalue weighted by molar-refractivity contribution is -0.0100. The fourth-order valence-electron chi connectivity index (χ4n) is 3.40. The molecule has 0 radical (unpaired) electrons. The number of hydrogen-bond acceptors (Lipinski definition) is 6. The van der Waals surface area contributed by atoms with Gasteiger partial charge in [-0.05, 0) is 56.7 Å². The van der Waals surface area contributed by atoms with Crippen LogP contribution in [0.2, 0.25) is 10.0 Å². The molecule has 2 aromatic rings. The quantitative estimate of drug-likeness (QED) is 0.488. The lowest BCUT2D eigenvalue weighted by Gasteiger charge is -2.31. The average Bonchev–Trinajstić information content (AvgIpc) is 3.06. The minimum absolute atomic E-state index is 0.225. The topological polar surface area (TPSA) is 40.6 Å². The summed E-state index contributed by atoms with van der Waals surface area (Å²) in [7, 11) is 5.84. The molecule has 2 heterocycles. The van der Waals surface area contributed by atoms with Crippen LogP contribution in [0.5, 0.6) is 0 Å². The van der Waals surface area contributed by atoms with E-state index in [1.54, 1.807) is 19.2 Å². The molecule has 0 aliphatic carbocycles. The van der Waals surface area contributed by atoms with Crippen molar-refractivity contribution >= 4 is 46.7 Å². The number of anilines is 2. The zero-order valence-electron chi connectivity index (χ0n) is 16.0. The minimum Gasteiger partial charge on any atom is -0.375 e. The Kier molecular flexibility index (Phi) is 6.94. The first-order valence-electron chi connectivity index (χ1n) is 8.81. The second kappa shape index (κ2) is 9.05. The number of rotatable bonds is 7. The van der Waals surface area contributed by atoms with Gasteiger partial charge in [0.1, 0.15) is 5.82 Å². The molecule has 1 atom stereocenters. The standard InChI is InChI=1S/C19H23Cl2FN4OS/c1-25(2)11-19(27-3)7-8-26(12-19)15-9-14(21)16(10-13(15)20)28-24-18-6-4-5-17(22)23-18/h4-6,9-10H,7-8,11-12H2,1-3H3,(H,23,24)/t19-/m1/s1. The molecule has 0 saturated carbocycles. The Bertz CT molecular complexity index is 842. The van der Waals surface area contributed by atoms with Gasteiger partial charge in [0.15, 0.2) is 0 Å². The maximum absolute atomic E-state index is 13.2. The summed E-state index contributed by atoms with van der Waals surface area (Å²) in [4.78, 5) is 8.85. The molecule has 1 aromatic heterocycles. The summed E-state index contributed by atoms with van der Waals surface area (Å²) in [5.74, 6) is -0.132. The largest absolute Gasteiger partial charge is 0.375 e. The maximum Gasteiger partial charge on any atom is 0.214 e. The normalized spacial score (nSPS) is 19.5. The Hall–Kier alpha value is -1.25. The molecule has 0 amide bonds. The van der Waals surface area contributed by atoms with Gasteiger partial charge in [-0.15, -0.1) is 0 Å². The predicted molar refractivity (Wildman–Crippen MR) is 115 cm³/mol. The fourth-order valence-corrected chi connectivity index (χ4v) is 4.68. The first kappa shape index (κ1) is 21.5. The van der Waals surface area contributed by atoms with Crippen molar-refractivity contribution in [3.8, 4) is 0 Å². The van der Waals surface area contributed by atoms with Gasteiger partial charge in [0.05, 0.1) is 21.3 Å². The summed E-state index contributed by atoms with van der Waals surface area (Å²) in [5.41, 5.74) is 0.662. The SMILES string of the molecule is CO[C@@]1(CN(C)C)CCN(c2cc(Cl)c(SNc3cccc(F)n3)cc2Cl)C1. The lowest BCUT2D eigenvalue weighted by atomic mass is 10.0. The third-order valence-electron chi connectivity index (χ3n) is 4.68. The molecule has 1 aliphatic rings. The predicted octanol–water partition coefficient (Wildman–Crippen LogP) is 4.80. The molecule has 0 bridgehead atoms. The molecular weight excluding hydrogens is 422 g/mol. The van der Waals surface area contributed by atoms with Crippen LogP contribution < -0.4 is 9.62 Å². The zero-order chi connectivity index (χ0) is 20.3. The van der Waals surface area contributed by atoms with Crippen LogP contribution in [-0.4, -0.2) is 56.3 Å². The molecule has 0 spiro atoms. The van der Waals surface area contributed by atoms with E-state index in [9.17, 15) is 4.39 Å². The van der Waals surface area contributed by atoms with E-state index >= 15 is 0 Å². The van der Waals surface area contributed by atoms with Crippen LogP contribution in [0.15, 0.2) is 35.2 Å². The molecule has 1 saturated heterocycles. The van der Waals surface area contributed by atoms with E-state index < -0.39 is 5.95 Å². The fraction of sp³-hybridized carbons (Fsp3) is 0.421. The molecule has 152 valence electrons. The molecule has 1 aromatic carbocycles. The van der Waals surface area contributed by atoms with Crippen LogP contribution in [0.3, 0.4) is 0 Å². The highest BCUT2D eigenvalue weighted by Gasteiger charge is 2.39. The molecule has 1 N–H and O–H groups in total. The van der Waals surface area contributed by atoms with Crippen molar-refractivity contribution in [2.75, 3.05) is 50.5 Å². The second-order valence-corrected chi connectivity index (χ2v) is 8.74. The van der Waals surface area contributed by atoms with Crippen molar-refractivity contribution in [3.05, 3.63) is 46.3 Å². The van der Waals surface area contributed by atoms with E-state index in [1.807, 2.05) is 26.2 Å². The Balaban J connectivity index is 1.73. The van der Waals surface area contributed by atoms with Crippen LogP contribution in [0.25, 0.3) is 0 Å². The number of halogens is 3. The van der Waals surface area contributed by atoms with E-state index in [2.05, 4.69) is 19.5 Å². The molecule has 9 heteroatoms. The van der Waals surface area contributed by atoms with Gasteiger partial charge >= 0.3 is 0 Å². The van der Waals surface area contributed by atoms with Gasteiger partial charge in [-0.1, -0.05) is 29.3 Å². The third-order valence-corrected chi connectivity index (χ3v) is 6.27.